The Morgan fingerprint density at radius 3 is 2.50 bits per heavy atom. The van der Waals surface area contributed by atoms with Gasteiger partial charge in [0.05, 0.1) is 24.9 Å². The average molecular weight is 382 g/mol. The quantitative estimate of drug-likeness (QED) is 0.773. The standard InChI is InChI=1S/C18H17ClFNO5/c1-10(17(22)21-14-8-7-11(20)9-13(14)19)26-18(23)12-5-4-6-15(24-2)16(12)25-3/h4-10H,1-3H3,(H,21,22)/t10-/m1/s1. The number of anilines is 1. The second-order valence-corrected chi connectivity index (χ2v) is 5.61. The van der Waals surface area contributed by atoms with Gasteiger partial charge in [-0.15, -0.1) is 0 Å². The fourth-order valence-corrected chi connectivity index (χ4v) is 2.37. The van der Waals surface area contributed by atoms with E-state index in [1.165, 1.54) is 33.3 Å². The van der Waals surface area contributed by atoms with Gasteiger partial charge in [-0.05, 0) is 37.3 Å². The zero-order valence-electron chi connectivity index (χ0n) is 14.3. The summed E-state index contributed by atoms with van der Waals surface area (Å²) in [4.78, 5) is 24.6. The van der Waals surface area contributed by atoms with Crippen molar-refractivity contribution in [2.24, 2.45) is 0 Å². The maximum absolute atomic E-state index is 13.0. The molecule has 0 heterocycles. The van der Waals surface area contributed by atoms with Crippen molar-refractivity contribution >= 4 is 29.2 Å². The number of para-hydroxylation sites is 1. The molecule has 8 heteroatoms. The van der Waals surface area contributed by atoms with Crippen molar-refractivity contribution in [3.05, 3.63) is 52.8 Å². The van der Waals surface area contributed by atoms with Crippen LogP contribution in [0.4, 0.5) is 10.1 Å². The molecule has 138 valence electrons. The number of hydrogen-bond acceptors (Lipinski definition) is 5. The monoisotopic (exact) mass is 381 g/mol. The van der Waals surface area contributed by atoms with Crippen molar-refractivity contribution < 1.29 is 28.2 Å². The lowest BCUT2D eigenvalue weighted by Gasteiger charge is -2.16. The third kappa shape index (κ3) is 4.43. The number of ether oxygens (including phenoxy) is 3. The highest BCUT2D eigenvalue weighted by atomic mass is 35.5. The molecule has 0 aromatic heterocycles. The Kier molecular flexibility index (Phi) is 6.41. The van der Waals surface area contributed by atoms with Crippen LogP contribution in [0, 0.1) is 5.82 Å². The van der Waals surface area contributed by atoms with Crippen LogP contribution in [0.1, 0.15) is 17.3 Å². The van der Waals surface area contributed by atoms with Crippen LogP contribution in [0.3, 0.4) is 0 Å². The number of rotatable bonds is 6. The smallest absolute Gasteiger partial charge is 0.342 e. The normalized spacial score (nSPS) is 11.4. The predicted octanol–water partition coefficient (Wildman–Crippen LogP) is 3.68. The number of methoxy groups -OCH3 is 2. The van der Waals surface area contributed by atoms with Crippen LogP contribution in [0.5, 0.6) is 11.5 Å². The predicted molar refractivity (Wildman–Crippen MR) is 94.5 cm³/mol. The van der Waals surface area contributed by atoms with Crippen LogP contribution in [0.25, 0.3) is 0 Å². The van der Waals surface area contributed by atoms with Gasteiger partial charge in [-0.1, -0.05) is 17.7 Å². The highest BCUT2D eigenvalue weighted by molar-refractivity contribution is 6.33. The molecule has 0 saturated carbocycles. The Labute approximate surface area is 154 Å². The SMILES string of the molecule is COc1cccc(C(=O)O[C@H](C)C(=O)Nc2ccc(F)cc2Cl)c1OC. The largest absolute Gasteiger partial charge is 0.493 e. The highest BCUT2D eigenvalue weighted by Gasteiger charge is 2.23. The molecule has 0 saturated heterocycles. The lowest BCUT2D eigenvalue weighted by Crippen LogP contribution is -2.30. The van der Waals surface area contributed by atoms with Gasteiger partial charge >= 0.3 is 5.97 Å². The summed E-state index contributed by atoms with van der Waals surface area (Å²) in [5.41, 5.74) is 0.325. The summed E-state index contributed by atoms with van der Waals surface area (Å²) in [5, 5.41) is 2.51. The number of amides is 1. The summed E-state index contributed by atoms with van der Waals surface area (Å²) < 4.78 is 28.5. The van der Waals surface area contributed by atoms with Crippen molar-refractivity contribution in [3.63, 3.8) is 0 Å². The maximum atomic E-state index is 13.0. The Morgan fingerprint density at radius 2 is 1.88 bits per heavy atom. The molecule has 0 aliphatic rings. The molecule has 1 amide bonds. The van der Waals surface area contributed by atoms with E-state index in [2.05, 4.69) is 5.32 Å². The summed E-state index contributed by atoms with van der Waals surface area (Å²) >= 11 is 5.86. The number of carbonyl (C=O) groups is 2. The van der Waals surface area contributed by atoms with Gasteiger partial charge in [-0.3, -0.25) is 4.79 Å². The van der Waals surface area contributed by atoms with E-state index in [0.717, 1.165) is 12.1 Å². The first-order valence-corrected chi connectivity index (χ1v) is 7.93. The van der Waals surface area contributed by atoms with Gasteiger partial charge in [0, 0.05) is 0 Å². The molecule has 0 bridgehead atoms. The van der Waals surface area contributed by atoms with Crippen LogP contribution < -0.4 is 14.8 Å². The first-order chi connectivity index (χ1) is 12.4. The average Bonchev–Trinajstić information content (AvgIpc) is 2.62. The summed E-state index contributed by atoms with van der Waals surface area (Å²) in [7, 11) is 2.83. The van der Waals surface area contributed by atoms with E-state index in [1.54, 1.807) is 12.1 Å². The third-order valence-electron chi connectivity index (χ3n) is 3.46. The number of benzene rings is 2. The molecule has 0 radical (unpaired) electrons. The lowest BCUT2D eigenvalue weighted by atomic mass is 10.2. The van der Waals surface area contributed by atoms with Gasteiger partial charge in [0.15, 0.2) is 17.6 Å². The van der Waals surface area contributed by atoms with Crippen LogP contribution in [0.15, 0.2) is 36.4 Å². The van der Waals surface area contributed by atoms with Crippen LogP contribution in [-0.2, 0) is 9.53 Å². The van der Waals surface area contributed by atoms with Gasteiger partial charge in [-0.2, -0.15) is 0 Å². The minimum Gasteiger partial charge on any atom is -0.493 e. The van der Waals surface area contributed by atoms with E-state index in [-0.39, 0.29) is 22.0 Å². The number of hydrogen-bond donors (Lipinski definition) is 1. The minimum absolute atomic E-state index is 0.0336. The van der Waals surface area contributed by atoms with Crippen LogP contribution >= 0.6 is 11.6 Å². The summed E-state index contributed by atoms with van der Waals surface area (Å²) in [5.74, 6) is -1.34. The number of nitrogens with one attached hydrogen (secondary N) is 1. The van der Waals surface area contributed by atoms with Crippen LogP contribution in [-0.4, -0.2) is 32.2 Å². The molecule has 2 rings (SSSR count). The topological polar surface area (TPSA) is 73.9 Å². The molecule has 1 N–H and O–H groups in total. The summed E-state index contributed by atoms with van der Waals surface area (Å²) in [6.45, 7) is 1.40. The molecule has 0 aliphatic heterocycles. The number of esters is 1. The molecule has 0 fully saturated rings. The highest BCUT2D eigenvalue weighted by Crippen LogP contribution is 2.31. The van der Waals surface area contributed by atoms with E-state index < -0.39 is 23.8 Å². The van der Waals surface area contributed by atoms with Gasteiger partial charge in [0.2, 0.25) is 0 Å². The molecule has 26 heavy (non-hydrogen) atoms. The van der Waals surface area contributed by atoms with Crippen molar-refractivity contribution in [2.45, 2.75) is 13.0 Å². The number of carbonyl (C=O) groups excluding carboxylic acids is 2. The Morgan fingerprint density at radius 1 is 1.15 bits per heavy atom. The molecular weight excluding hydrogens is 365 g/mol. The van der Waals surface area contributed by atoms with E-state index in [4.69, 9.17) is 25.8 Å². The van der Waals surface area contributed by atoms with Crippen molar-refractivity contribution in [2.75, 3.05) is 19.5 Å². The Balaban J connectivity index is 2.10. The van der Waals surface area contributed by atoms with Crippen molar-refractivity contribution in [3.8, 4) is 11.5 Å². The summed E-state index contributed by atoms with van der Waals surface area (Å²) in [6.07, 6.45) is -1.13. The van der Waals surface area contributed by atoms with Gasteiger partial charge < -0.3 is 19.5 Å². The third-order valence-corrected chi connectivity index (χ3v) is 3.78. The lowest BCUT2D eigenvalue weighted by molar-refractivity contribution is -0.123. The second-order valence-electron chi connectivity index (χ2n) is 5.20. The van der Waals surface area contributed by atoms with E-state index >= 15 is 0 Å². The molecule has 2 aromatic carbocycles. The van der Waals surface area contributed by atoms with E-state index in [9.17, 15) is 14.0 Å². The van der Waals surface area contributed by atoms with Gasteiger partial charge in [0.25, 0.3) is 5.91 Å². The first-order valence-electron chi connectivity index (χ1n) is 7.55. The molecular formula is C18H17ClFNO5. The zero-order valence-corrected chi connectivity index (χ0v) is 15.1. The van der Waals surface area contributed by atoms with Crippen LogP contribution in [0.2, 0.25) is 5.02 Å². The molecule has 6 nitrogen and oxygen atoms in total. The van der Waals surface area contributed by atoms with E-state index in [1.807, 2.05) is 0 Å². The second kappa shape index (κ2) is 8.53. The van der Waals surface area contributed by atoms with E-state index in [0.29, 0.717) is 5.75 Å². The molecule has 0 unspecified atom stereocenters. The van der Waals surface area contributed by atoms with Gasteiger partial charge in [0.1, 0.15) is 11.4 Å². The van der Waals surface area contributed by atoms with Gasteiger partial charge in [-0.25, -0.2) is 9.18 Å². The van der Waals surface area contributed by atoms with Crippen molar-refractivity contribution in [1.29, 1.82) is 0 Å². The first kappa shape index (κ1) is 19.5. The maximum Gasteiger partial charge on any atom is 0.342 e. The fraction of sp³-hybridized carbons (Fsp3) is 0.222. The number of halogens is 2. The summed E-state index contributed by atoms with van der Waals surface area (Å²) in [6, 6.07) is 8.25. The molecule has 2 aromatic rings. The fourth-order valence-electron chi connectivity index (χ4n) is 2.15. The molecule has 0 aliphatic carbocycles. The molecule has 1 atom stereocenters. The van der Waals surface area contributed by atoms with Crippen molar-refractivity contribution in [1.82, 2.24) is 0 Å². The molecule has 0 spiro atoms. The minimum atomic E-state index is -1.13. The Bertz CT molecular complexity index is 827. The zero-order chi connectivity index (χ0) is 19.3. The Hall–Kier alpha value is -2.80.